The van der Waals surface area contributed by atoms with Crippen LogP contribution in [0.2, 0.25) is 0 Å². The summed E-state index contributed by atoms with van der Waals surface area (Å²) >= 11 is 0. The van der Waals surface area contributed by atoms with E-state index in [4.69, 9.17) is 0 Å². The summed E-state index contributed by atoms with van der Waals surface area (Å²) in [4.78, 5) is 0. The predicted molar refractivity (Wildman–Crippen MR) is 57.2 cm³/mol. The van der Waals surface area contributed by atoms with Crippen molar-refractivity contribution in [2.45, 2.75) is 40.0 Å². The molecule has 0 fully saturated rings. The first-order chi connectivity index (χ1) is 5.70. The molecule has 0 heterocycles. The molecule has 0 saturated heterocycles. The van der Waals surface area contributed by atoms with E-state index in [0.29, 0.717) is 0 Å². The molecule has 0 heteroatoms. The summed E-state index contributed by atoms with van der Waals surface area (Å²) in [6.07, 6.45) is 9.80. The van der Waals surface area contributed by atoms with Crippen molar-refractivity contribution in [2.24, 2.45) is 0 Å². The second-order valence-electron chi connectivity index (χ2n) is 3.22. The molecule has 0 saturated carbocycles. The summed E-state index contributed by atoms with van der Waals surface area (Å²) in [7, 11) is 0. The zero-order valence-electron chi connectivity index (χ0n) is 8.56. The standard InChI is InChI=1S/C12H20/c1-5-8-12(4)10-7-9-11(3)6-2/h5-6,10H,1,7-9H2,2-4H3. The molecule has 0 bridgehead atoms. The van der Waals surface area contributed by atoms with E-state index < -0.39 is 0 Å². The first-order valence-corrected chi connectivity index (χ1v) is 4.59. The third kappa shape index (κ3) is 5.96. The van der Waals surface area contributed by atoms with Crippen LogP contribution in [-0.2, 0) is 0 Å². The van der Waals surface area contributed by atoms with Crippen LogP contribution in [0, 0.1) is 0 Å². The molecule has 0 aromatic carbocycles. The van der Waals surface area contributed by atoms with E-state index in [9.17, 15) is 0 Å². The van der Waals surface area contributed by atoms with E-state index in [0.717, 1.165) is 12.8 Å². The molecule has 0 aromatic heterocycles. The Hall–Kier alpha value is -0.780. The lowest BCUT2D eigenvalue weighted by Crippen LogP contribution is -1.77. The zero-order chi connectivity index (χ0) is 9.40. The Balaban J connectivity index is 3.66. The molecule has 12 heavy (non-hydrogen) atoms. The Labute approximate surface area is 76.7 Å². The molecule has 0 nitrogen and oxygen atoms in total. The summed E-state index contributed by atoms with van der Waals surface area (Å²) in [6, 6.07) is 0. The van der Waals surface area contributed by atoms with Gasteiger partial charge in [0.2, 0.25) is 0 Å². The Morgan fingerprint density at radius 1 is 1.25 bits per heavy atom. The maximum atomic E-state index is 3.71. The molecule has 0 radical (unpaired) electrons. The second kappa shape index (κ2) is 6.90. The van der Waals surface area contributed by atoms with Gasteiger partial charge in [0.25, 0.3) is 0 Å². The van der Waals surface area contributed by atoms with E-state index in [1.165, 1.54) is 17.6 Å². The summed E-state index contributed by atoms with van der Waals surface area (Å²) in [5, 5.41) is 0. The molecular formula is C12H20. The number of hydrogen-bond acceptors (Lipinski definition) is 0. The molecule has 0 aliphatic heterocycles. The van der Waals surface area contributed by atoms with Crippen LogP contribution in [0.5, 0.6) is 0 Å². The van der Waals surface area contributed by atoms with Gasteiger partial charge in [0, 0.05) is 0 Å². The second-order valence-corrected chi connectivity index (χ2v) is 3.22. The third-order valence-electron chi connectivity index (χ3n) is 1.99. The van der Waals surface area contributed by atoms with Crippen LogP contribution >= 0.6 is 0 Å². The number of rotatable bonds is 5. The molecular weight excluding hydrogens is 144 g/mol. The van der Waals surface area contributed by atoms with Gasteiger partial charge >= 0.3 is 0 Å². The number of allylic oxidation sites excluding steroid dienone is 5. The SMILES string of the molecule is C=CCC(C)=CCCC(C)=CC. The Morgan fingerprint density at radius 3 is 2.42 bits per heavy atom. The fraction of sp³-hybridized carbons (Fsp3) is 0.500. The average Bonchev–Trinajstić information content (AvgIpc) is 2.04. The molecule has 0 spiro atoms. The van der Waals surface area contributed by atoms with Crippen LogP contribution in [0.3, 0.4) is 0 Å². The highest BCUT2D eigenvalue weighted by Gasteiger charge is 1.87. The summed E-state index contributed by atoms with van der Waals surface area (Å²) < 4.78 is 0. The lowest BCUT2D eigenvalue weighted by atomic mass is 10.1. The van der Waals surface area contributed by atoms with Gasteiger partial charge in [-0.1, -0.05) is 29.4 Å². The molecule has 0 amide bonds. The van der Waals surface area contributed by atoms with E-state index in [2.05, 4.69) is 39.5 Å². The molecule has 0 rings (SSSR count). The van der Waals surface area contributed by atoms with Crippen molar-refractivity contribution in [2.75, 3.05) is 0 Å². The minimum Gasteiger partial charge on any atom is -0.103 e. The highest BCUT2D eigenvalue weighted by Crippen LogP contribution is 2.08. The molecule has 0 aliphatic carbocycles. The van der Waals surface area contributed by atoms with Gasteiger partial charge in [0.1, 0.15) is 0 Å². The van der Waals surface area contributed by atoms with Crippen molar-refractivity contribution in [1.29, 1.82) is 0 Å². The number of hydrogen-bond donors (Lipinski definition) is 0. The molecule has 0 atom stereocenters. The van der Waals surface area contributed by atoms with Gasteiger partial charge < -0.3 is 0 Å². The van der Waals surface area contributed by atoms with E-state index in [1.54, 1.807) is 0 Å². The summed E-state index contributed by atoms with van der Waals surface area (Å²) in [5.41, 5.74) is 2.89. The van der Waals surface area contributed by atoms with Crippen molar-refractivity contribution in [3.05, 3.63) is 36.0 Å². The molecule has 68 valence electrons. The largest absolute Gasteiger partial charge is 0.103 e. The van der Waals surface area contributed by atoms with Crippen LogP contribution in [-0.4, -0.2) is 0 Å². The third-order valence-corrected chi connectivity index (χ3v) is 1.99. The van der Waals surface area contributed by atoms with Gasteiger partial charge in [0.15, 0.2) is 0 Å². The van der Waals surface area contributed by atoms with Crippen LogP contribution in [0.15, 0.2) is 36.0 Å². The van der Waals surface area contributed by atoms with Crippen molar-refractivity contribution in [1.82, 2.24) is 0 Å². The van der Waals surface area contributed by atoms with Gasteiger partial charge in [-0.2, -0.15) is 0 Å². The average molecular weight is 164 g/mol. The van der Waals surface area contributed by atoms with Crippen LogP contribution in [0.4, 0.5) is 0 Å². The topological polar surface area (TPSA) is 0 Å². The van der Waals surface area contributed by atoms with E-state index >= 15 is 0 Å². The van der Waals surface area contributed by atoms with Gasteiger partial charge in [-0.3, -0.25) is 0 Å². The lowest BCUT2D eigenvalue weighted by molar-refractivity contribution is 0.957. The maximum absolute atomic E-state index is 3.71. The Kier molecular flexibility index (Phi) is 6.45. The molecule has 0 N–H and O–H groups in total. The summed E-state index contributed by atoms with van der Waals surface area (Å²) in [6.45, 7) is 10.1. The minimum absolute atomic E-state index is 1.02. The predicted octanol–water partition coefficient (Wildman–Crippen LogP) is 4.26. The Morgan fingerprint density at radius 2 is 1.92 bits per heavy atom. The smallest absolute Gasteiger partial charge is 0.0144 e. The minimum atomic E-state index is 1.02. The van der Waals surface area contributed by atoms with Crippen LogP contribution in [0.25, 0.3) is 0 Å². The quantitative estimate of drug-likeness (QED) is 0.533. The molecule has 0 aromatic rings. The van der Waals surface area contributed by atoms with Crippen LogP contribution in [0.1, 0.15) is 40.0 Å². The normalized spacial score (nSPS) is 13.2. The summed E-state index contributed by atoms with van der Waals surface area (Å²) in [5.74, 6) is 0. The highest BCUT2D eigenvalue weighted by atomic mass is 13.9. The van der Waals surface area contributed by atoms with Crippen molar-refractivity contribution < 1.29 is 0 Å². The monoisotopic (exact) mass is 164 g/mol. The zero-order valence-corrected chi connectivity index (χ0v) is 8.56. The van der Waals surface area contributed by atoms with Crippen molar-refractivity contribution in [3.8, 4) is 0 Å². The first-order valence-electron chi connectivity index (χ1n) is 4.59. The molecule has 0 aliphatic rings. The first kappa shape index (κ1) is 11.2. The maximum Gasteiger partial charge on any atom is -0.0144 e. The van der Waals surface area contributed by atoms with Crippen molar-refractivity contribution >= 4 is 0 Å². The highest BCUT2D eigenvalue weighted by molar-refractivity contribution is 5.05. The van der Waals surface area contributed by atoms with Gasteiger partial charge in [-0.15, -0.1) is 6.58 Å². The Bertz CT molecular complexity index is 182. The fourth-order valence-electron chi connectivity index (χ4n) is 1.00. The van der Waals surface area contributed by atoms with E-state index in [1.807, 2.05) is 6.08 Å². The van der Waals surface area contributed by atoms with Crippen LogP contribution < -0.4 is 0 Å². The van der Waals surface area contributed by atoms with Crippen molar-refractivity contribution in [3.63, 3.8) is 0 Å². The van der Waals surface area contributed by atoms with Gasteiger partial charge in [-0.25, -0.2) is 0 Å². The van der Waals surface area contributed by atoms with Gasteiger partial charge in [0.05, 0.1) is 0 Å². The molecule has 0 unspecified atom stereocenters. The fourth-order valence-corrected chi connectivity index (χ4v) is 1.00. The van der Waals surface area contributed by atoms with Gasteiger partial charge in [-0.05, 0) is 40.0 Å². The lowest BCUT2D eigenvalue weighted by Gasteiger charge is -1.97. The van der Waals surface area contributed by atoms with E-state index in [-0.39, 0.29) is 0 Å².